The number of likely N-dealkylation sites (N-methyl/N-ethyl adjacent to an activating group) is 1. The second-order valence-electron chi connectivity index (χ2n) is 11.2. The quantitative estimate of drug-likeness (QED) is 0.184. The van der Waals surface area contributed by atoms with E-state index >= 15 is 0 Å². The zero-order valence-corrected chi connectivity index (χ0v) is 25.9. The molecule has 0 bridgehead atoms. The summed E-state index contributed by atoms with van der Waals surface area (Å²) < 4.78 is 2.79. The van der Waals surface area contributed by atoms with Crippen molar-refractivity contribution < 1.29 is 24.3 Å². The van der Waals surface area contributed by atoms with Gasteiger partial charge in [-0.05, 0) is 87.6 Å². The fourth-order valence-corrected chi connectivity index (χ4v) is 6.59. The molecule has 4 rings (SSSR count). The fourth-order valence-electron chi connectivity index (χ4n) is 5.77. The van der Waals surface area contributed by atoms with Gasteiger partial charge in [-0.25, -0.2) is 4.79 Å². The number of anilines is 1. The lowest BCUT2D eigenvalue weighted by molar-refractivity contribution is -0.126. The Morgan fingerprint density at radius 2 is 1.70 bits per heavy atom. The lowest BCUT2D eigenvalue weighted by Crippen LogP contribution is -2.42. The van der Waals surface area contributed by atoms with Crippen LogP contribution in [0.15, 0.2) is 41.8 Å². The Kier molecular flexibility index (Phi) is 11.6. The van der Waals surface area contributed by atoms with Crippen LogP contribution in [0.3, 0.4) is 0 Å². The van der Waals surface area contributed by atoms with Gasteiger partial charge in [-0.3, -0.25) is 14.4 Å². The van der Waals surface area contributed by atoms with Gasteiger partial charge in [-0.1, -0.05) is 25.0 Å². The standard InChI is InChI=1S/C32H43N5O5S/c1-3-36(25-10-8-9-22(2)19-25)29(38)21-37-26-15-18-43-28(26)20-27(37)31(40)35-24-13-11-23(12-14-24)30(39)33-16-6-4-5-7-17-34-32(41)42/h8-10,15,18-20,23-24,34H,3-7,11-14,16-17,21H2,1-2H3,(H,33,39)(H,35,40)(H,41,42). The van der Waals surface area contributed by atoms with Crippen LogP contribution >= 0.6 is 11.3 Å². The first-order valence-electron chi connectivity index (χ1n) is 15.3. The second-order valence-corrected chi connectivity index (χ2v) is 12.2. The molecule has 11 heteroatoms. The van der Waals surface area contributed by atoms with Crippen LogP contribution in [0.4, 0.5) is 10.5 Å². The van der Waals surface area contributed by atoms with E-state index in [9.17, 15) is 19.2 Å². The van der Waals surface area contributed by atoms with Gasteiger partial charge in [0.25, 0.3) is 5.91 Å². The molecule has 232 valence electrons. The third kappa shape index (κ3) is 8.82. The average molecular weight is 610 g/mol. The molecule has 0 atom stereocenters. The van der Waals surface area contributed by atoms with Gasteiger partial charge in [0.1, 0.15) is 12.2 Å². The minimum atomic E-state index is -1.000. The molecule has 0 saturated heterocycles. The first kappa shape index (κ1) is 32.1. The van der Waals surface area contributed by atoms with Crippen LogP contribution in [0, 0.1) is 12.8 Å². The molecule has 1 fully saturated rings. The van der Waals surface area contributed by atoms with Gasteiger partial charge in [0, 0.05) is 37.3 Å². The summed E-state index contributed by atoms with van der Waals surface area (Å²) in [6.07, 6.45) is 5.40. The summed E-state index contributed by atoms with van der Waals surface area (Å²) in [5.74, 6) is -0.255. The Hall–Kier alpha value is -3.86. The third-order valence-corrected chi connectivity index (χ3v) is 8.94. The molecule has 43 heavy (non-hydrogen) atoms. The lowest BCUT2D eigenvalue weighted by Gasteiger charge is -2.28. The molecule has 1 aromatic carbocycles. The third-order valence-electron chi connectivity index (χ3n) is 8.09. The van der Waals surface area contributed by atoms with Gasteiger partial charge < -0.3 is 30.5 Å². The van der Waals surface area contributed by atoms with Crippen molar-refractivity contribution in [3.63, 3.8) is 0 Å². The zero-order valence-electron chi connectivity index (χ0n) is 25.1. The molecule has 2 heterocycles. The van der Waals surface area contributed by atoms with Crippen LogP contribution in [0.1, 0.15) is 74.3 Å². The second kappa shape index (κ2) is 15.6. The Bertz CT molecular complexity index is 1410. The van der Waals surface area contributed by atoms with Gasteiger partial charge in [0.2, 0.25) is 11.8 Å². The molecule has 0 aliphatic heterocycles. The molecule has 2 aromatic heterocycles. The van der Waals surface area contributed by atoms with E-state index < -0.39 is 6.09 Å². The predicted molar refractivity (Wildman–Crippen MR) is 170 cm³/mol. The van der Waals surface area contributed by atoms with Crippen molar-refractivity contribution in [2.75, 3.05) is 24.5 Å². The van der Waals surface area contributed by atoms with Crippen molar-refractivity contribution in [3.05, 3.63) is 53.0 Å². The fraction of sp³-hybridized carbons (Fsp3) is 0.500. The number of fused-ring (bicyclic) bond motifs is 1. The molecule has 1 aliphatic carbocycles. The minimum absolute atomic E-state index is 0.0208. The number of aryl methyl sites for hydroxylation is 1. The van der Waals surface area contributed by atoms with E-state index in [2.05, 4.69) is 16.0 Å². The molecular weight excluding hydrogens is 566 g/mol. The van der Waals surface area contributed by atoms with E-state index in [4.69, 9.17) is 5.11 Å². The average Bonchev–Trinajstić information content (AvgIpc) is 3.58. The zero-order chi connectivity index (χ0) is 30.8. The van der Waals surface area contributed by atoms with E-state index in [1.165, 1.54) is 0 Å². The van der Waals surface area contributed by atoms with Crippen molar-refractivity contribution in [1.29, 1.82) is 0 Å². The summed E-state index contributed by atoms with van der Waals surface area (Å²) in [5.41, 5.74) is 3.28. The Balaban J connectivity index is 1.27. The number of carbonyl (C=O) groups is 4. The number of hydrogen-bond acceptors (Lipinski definition) is 5. The largest absolute Gasteiger partial charge is 0.465 e. The summed E-state index contributed by atoms with van der Waals surface area (Å²) >= 11 is 1.55. The highest BCUT2D eigenvalue weighted by atomic mass is 32.1. The summed E-state index contributed by atoms with van der Waals surface area (Å²) in [6.45, 7) is 5.62. The number of nitrogens with zero attached hydrogens (tertiary/aromatic N) is 2. The van der Waals surface area contributed by atoms with Crippen LogP contribution in [0.2, 0.25) is 0 Å². The topological polar surface area (TPSA) is 133 Å². The number of carbonyl (C=O) groups excluding carboxylic acids is 3. The SMILES string of the molecule is CCN(C(=O)Cn1c(C(=O)NC2CCC(C(=O)NCCCCCCNC(=O)O)CC2)cc2sccc21)c1cccc(C)c1. The molecule has 1 saturated carbocycles. The summed E-state index contributed by atoms with van der Waals surface area (Å²) in [4.78, 5) is 51.8. The van der Waals surface area contributed by atoms with Crippen molar-refractivity contribution >= 4 is 51.1 Å². The predicted octanol–water partition coefficient (Wildman–Crippen LogP) is 5.30. The van der Waals surface area contributed by atoms with Crippen molar-refractivity contribution in [2.24, 2.45) is 5.92 Å². The first-order valence-corrected chi connectivity index (χ1v) is 16.1. The van der Waals surface area contributed by atoms with E-state index in [1.54, 1.807) is 16.2 Å². The number of nitrogens with one attached hydrogen (secondary N) is 3. The normalized spacial score (nSPS) is 16.5. The van der Waals surface area contributed by atoms with E-state index in [0.29, 0.717) is 38.2 Å². The molecule has 1 aliphatic rings. The number of rotatable bonds is 14. The number of unbranched alkanes of at least 4 members (excludes halogenated alkanes) is 3. The number of carboxylic acid groups (broad SMARTS) is 1. The maximum atomic E-state index is 13.5. The molecule has 10 nitrogen and oxygen atoms in total. The molecule has 0 unspecified atom stereocenters. The number of hydrogen-bond donors (Lipinski definition) is 4. The van der Waals surface area contributed by atoms with Gasteiger partial charge in [-0.15, -0.1) is 11.3 Å². The van der Waals surface area contributed by atoms with E-state index in [0.717, 1.165) is 60.0 Å². The van der Waals surface area contributed by atoms with E-state index in [-0.39, 0.29) is 36.2 Å². The Labute approximate surface area is 256 Å². The Morgan fingerprint density at radius 3 is 2.37 bits per heavy atom. The summed E-state index contributed by atoms with van der Waals surface area (Å²) in [6, 6.07) is 11.7. The maximum Gasteiger partial charge on any atom is 0.404 e. The van der Waals surface area contributed by atoms with Crippen LogP contribution in [0.25, 0.3) is 10.2 Å². The molecule has 4 amide bonds. The highest BCUT2D eigenvalue weighted by Gasteiger charge is 2.28. The van der Waals surface area contributed by atoms with Crippen molar-refractivity contribution in [1.82, 2.24) is 20.5 Å². The summed E-state index contributed by atoms with van der Waals surface area (Å²) in [7, 11) is 0. The van der Waals surface area contributed by atoms with Gasteiger partial charge in [0.15, 0.2) is 0 Å². The molecule has 4 N–H and O–H groups in total. The molecule has 0 spiro atoms. The number of thiophene rings is 1. The van der Waals surface area contributed by atoms with E-state index in [1.807, 2.05) is 60.2 Å². The van der Waals surface area contributed by atoms with Gasteiger partial charge in [0.05, 0.1) is 10.2 Å². The van der Waals surface area contributed by atoms with Gasteiger partial charge >= 0.3 is 6.09 Å². The summed E-state index contributed by atoms with van der Waals surface area (Å²) in [5, 5.41) is 19.1. The molecular formula is C32H43N5O5S. The lowest BCUT2D eigenvalue weighted by atomic mass is 9.85. The number of amides is 4. The monoisotopic (exact) mass is 609 g/mol. The van der Waals surface area contributed by atoms with Crippen molar-refractivity contribution in [2.45, 2.75) is 77.8 Å². The van der Waals surface area contributed by atoms with Crippen LogP contribution < -0.4 is 20.9 Å². The maximum absolute atomic E-state index is 13.5. The van der Waals surface area contributed by atoms with Crippen molar-refractivity contribution in [3.8, 4) is 0 Å². The van der Waals surface area contributed by atoms with Crippen LogP contribution in [-0.2, 0) is 16.1 Å². The first-order chi connectivity index (χ1) is 20.8. The molecule has 3 aromatic rings. The highest BCUT2D eigenvalue weighted by molar-refractivity contribution is 7.17. The highest BCUT2D eigenvalue weighted by Crippen LogP contribution is 2.28. The molecule has 0 radical (unpaired) electrons. The number of aromatic nitrogens is 1. The number of benzene rings is 1. The Morgan fingerprint density at radius 1 is 0.977 bits per heavy atom. The minimum Gasteiger partial charge on any atom is -0.465 e. The van der Waals surface area contributed by atoms with Gasteiger partial charge in [-0.2, -0.15) is 0 Å². The smallest absolute Gasteiger partial charge is 0.404 e. The van der Waals surface area contributed by atoms with Crippen LogP contribution in [-0.4, -0.2) is 59.2 Å². The van der Waals surface area contributed by atoms with Crippen LogP contribution in [0.5, 0.6) is 0 Å².